The predicted octanol–water partition coefficient (Wildman–Crippen LogP) is 1.86. The van der Waals surface area contributed by atoms with Crippen LogP contribution in [0.5, 0.6) is 0 Å². The van der Waals surface area contributed by atoms with Crippen LogP contribution in [-0.4, -0.2) is 34.6 Å². The Labute approximate surface area is 123 Å². The van der Waals surface area contributed by atoms with E-state index in [2.05, 4.69) is 25.4 Å². The van der Waals surface area contributed by atoms with Gasteiger partial charge in [-0.3, -0.25) is 4.68 Å². The Kier molecular flexibility index (Phi) is 2.45. The highest BCUT2D eigenvalue weighted by Crippen LogP contribution is 2.27. The van der Waals surface area contributed by atoms with Crippen LogP contribution in [0.4, 0.5) is 0 Å². The molecule has 0 saturated carbocycles. The second-order valence-corrected chi connectivity index (χ2v) is 5.63. The molecule has 4 aromatic heterocycles. The molecule has 8 nitrogen and oxygen atoms in total. The quantitative estimate of drug-likeness (QED) is 0.561. The van der Waals surface area contributed by atoms with Gasteiger partial charge in [-0.15, -0.1) is 10.2 Å². The van der Waals surface area contributed by atoms with Crippen LogP contribution in [0.1, 0.15) is 11.6 Å². The van der Waals surface area contributed by atoms with Crippen molar-refractivity contribution in [3.05, 3.63) is 23.9 Å². The summed E-state index contributed by atoms with van der Waals surface area (Å²) in [6.45, 7) is 3.74. The zero-order chi connectivity index (χ0) is 14.6. The Morgan fingerprint density at radius 2 is 2.05 bits per heavy atom. The number of aromatic nitrogens is 7. The van der Waals surface area contributed by atoms with Crippen LogP contribution in [0.25, 0.3) is 27.2 Å². The molecule has 0 aliphatic heterocycles. The molecule has 21 heavy (non-hydrogen) atoms. The molecule has 9 heteroatoms. The maximum absolute atomic E-state index is 5.22. The zero-order valence-electron chi connectivity index (χ0n) is 11.6. The number of hydrogen-bond donors (Lipinski definition) is 0. The lowest BCUT2D eigenvalue weighted by Crippen LogP contribution is -1.98. The summed E-state index contributed by atoms with van der Waals surface area (Å²) in [5.41, 5.74) is 2.50. The lowest BCUT2D eigenvalue weighted by Gasteiger charge is -1.96. The second kappa shape index (κ2) is 4.22. The molecule has 0 bridgehead atoms. The van der Waals surface area contributed by atoms with E-state index in [1.54, 1.807) is 22.4 Å². The van der Waals surface area contributed by atoms with E-state index in [0.717, 1.165) is 16.4 Å². The van der Waals surface area contributed by atoms with E-state index in [1.165, 1.54) is 11.3 Å². The lowest BCUT2D eigenvalue weighted by atomic mass is 10.3. The average molecular weight is 301 g/mol. The number of rotatable bonds is 2. The van der Waals surface area contributed by atoms with E-state index in [0.29, 0.717) is 22.4 Å². The van der Waals surface area contributed by atoms with Crippen LogP contribution in [0.2, 0.25) is 0 Å². The van der Waals surface area contributed by atoms with Crippen molar-refractivity contribution in [1.29, 1.82) is 0 Å². The Balaban J connectivity index is 1.88. The minimum atomic E-state index is 0.610. The summed E-state index contributed by atoms with van der Waals surface area (Å²) in [4.78, 5) is 4.99. The predicted molar refractivity (Wildman–Crippen MR) is 75.8 cm³/mol. The van der Waals surface area contributed by atoms with Crippen molar-refractivity contribution in [2.24, 2.45) is 7.05 Å². The first kappa shape index (κ1) is 12.2. The van der Waals surface area contributed by atoms with Crippen molar-refractivity contribution >= 4 is 16.3 Å². The summed E-state index contributed by atoms with van der Waals surface area (Å²) < 4.78 is 8.70. The standard InChI is InChI=1S/C12H11N7OS/c1-6-4-9(18(3)16-6)10-14-15-12-19(10)17-11(21-12)8-5-20-7(2)13-8/h4-5H,1-3H3. The van der Waals surface area contributed by atoms with Crippen molar-refractivity contribution in [1.82, 2.24) is 34.6 Å². The minimum absolute atomic E-state index is 0.610. The highest BCUT2D eigenvalue weighted by molar-refractivity contribution is 7.19. The van der Waals surface area contributed by atoms with Gasteiger partial charge in [0.1, 0.15) is 17.7 Å². The molecule has 4 aromatic rings. The normalized spacial score (nSPS) is 11.6. The van der Waals surface area contributed by atoms with Gasteiger partial charge >= 0.3 is 0 Å². The summed E-state index contributed by atoms with van der Waals surface area (Å²) in [7, 11) is 1.87. The van der Waals surface area contributed by atoms with Gasteiger partial charge in [0.05, 0.1) is 5.69 Å². The van der Waals surface area contributed by atoms with Gasteiger partial charge in [-0.2, -0.15) is 14.7 Å². The van der Waals surface area contributed by atoms with E-state index in [1.807, 2.05) is 20.0 Å². The topological polar surface area (TPSA) is 86.9 Å². The SMILES string of the molecule is Cc1cc(-c2nnc3sc(-c4coc(C)n4)nn23)n(C)n1. The lowest BCUT2D eigenvalue weighted by molar-refractivity contribution is 0.521. The van der Waals surface area contributed by atoms with Crippen LogP contribution < -0.4 is 0 Å². The van der Waals surface area contributed by atoms with Gasteiger partial charge in [0.2, 0.25) is 10.8 Å². The third-order valence-corrected chi connectivity index (χ3v) is 3.98. The second-order valence-electron chi connectivity index (χ2n) is 4.67. The zero-order valence-corrected chi connectivity index (χ0v) is 12.4. The molecule has 0 saturated heterocycles. The van der Waals surface area contributed by atoms with E-state index >= 15 is 0 Å². The van der Waals surface area contributed by atoms with E-state index in [4.69, 9.17) is 4.42 Å². The van der Waals surface area contributed by atoms with Gasteiger partial charge in [0.15, 0.2) is 10.9 Å². The molecule has 0 atom stereocenters. The Hall–Kier alpha value is -2.55. The average Bonchev–Trinajstić information content (AvgIpc) is 3.13. The van der Waals surface area contributed by atoms with Gasteiger partial charge in [0.25, 0.3) is 0 Å². The van der Waals surface area contributed by atoms with Crippen molar-refractivity contribution in [3.8, 4) is 22.2 Å². The highest BCUT2D eigenvalue weighted by atomic mass is 32.1. The summed E-state index contributed by atoms with van der Waals surface area (Å²) >= 11 is 1.42. The maximum atomic E-state index is 5.22. The van der Waals surface area contributed by atoms with Gasteiger partial charge in [-0.05, 0) is 13.0 Å². The smallest absolute Gasteiger partial charge is 0.235 e. The molecule has 0 aliphatic carbocycles. The molecule has 0 amide bonds. The Morgan fingerprint density at radius 3 is 2.71 bits per heavy atom. The monoisotopic (exact) mass is 301 g/mol. The van der Waals surface area contributed by atoms with Crippen LogP contribution >= 0.6 is 11.3 Å². The molecular formula is C12H11N7OS. The fourth-order valence-electron chi connectivity index (χ4n) is 2.16. The number of nitrogens with zero attached hydrogens (tertiary/aromatic N) is 7. The van der Waals surface area contributed by atoms with Crippen molar-refractivity contribution < 1.29 is 4.42 Å². The largest absolute Gasteiger partial charge is 0.449 e. The van der Waals surface area contributed by atoms with E-state index < -0.39 is 0 Å². The first-order valence-electron chi connectivity index (χ1n) is 6.27. The fraction of sp³-hybridized carbons (Fsp3) is 0.250. The van der Waals surface area contributed by atoms with E-state index in [-0.39, 0.29) is 0 Å². The summed E-state index contributed by atoms with van der Waals surface area (Å²) in [5, 5.41) is 18.0. The van der Waals surface area contributed by atoms with E-state index in [9.17, 15) is 0 Å². The molecule has 0 spiro atoms. The molecule has 0 N–H and O–H groups in total. The molecule has 0 aliphatic rings. The number of aryl methyl sites for hydroxylation is 3. The first-order valence-corrected chi connectivity index (χ1v) is 7.09. The van der Waals surface area contributed by atoms with Gasteiger partial charge in [0, 0.05) is 14.0 Å². The molecule has 0 aromatic carbocycles. The van der Waals surface area contributed by atoms with Gasteiger partial charge < -0.3 is 4.42 Å². The Morgan fingerprint density at radius 1 is 1.19 bits per heavy atom. The molecular weight excluding hydrogens is 290 g/mol. The number of fused-ring (bicyclic) bond motifs is 1. The first-order chi connectivity index (χ1) is 10.1. The fourth-order valence-corrected chi connectivity index (χ4v) is 2.95. The van der Waals surface area contributed by atoms with Gasteiger partial charge in [-0.1, -0.05) is 11.3 Å². The number of oxazole rings is 1. The highest BCUT2D eigenvalue weighted by Gasteiger charge is 2.18. The maximum Gasteiger partial charge on any atom is 0.235 e. The van der Waals surface area contributed by atoms with Crippen LogP contribution in [0, 0.1) is 13.8 Å². The summed E-state index contributed by atoms with van der Waals surface area (Å²) in [6.07, 6.45) is 1.59. The molecule has 0 fully saturated rings. The minimum Gasteiger partial charge on any atom is -0.449 e. The molecule has 4 heterocycles. The molecule has 106 valence electrons. The molecule has 0 unspecified atom stereocenters. The number of hydrogen-bond acceptors (Lipinski definition) is 7. The molecule has 4 rings (SSSR count). The van der Waals surface area contributed by atoms with Crippen molar-refractivity contribution in [2.75, 3.05) is 0 Å². The molecule has 0 radical (unpaired) electrons. The Bertz CT molecular complexity index is 944. The third-order valence-electron chi connectivity index (χ3n) is 3.06. The summed E-state index contributed by atoms with van der Waals surface area (Å²) in [5.74, 6) is 1.27. The van der Waals surface area contributed by atoms with Crippen LogP contribution in [0.3, 0.4) is 0 Å². The van der Waals surface area contributed by atoms with Crippen molar-refractivity contribution in [3.63, 3.8) is 0 Å². The van der Waals surface area contributed by atoms with Crippen LogP contribution in [-0.2, 0) is 7.05 Å². The van der Waals surface area contributed by atoms with Crippen molar-refractivity contribution in [2.45, 2.75) is 13.8 Å². The van der Waals surface area contributed by atoms with Gasteiger partial charge in [-0.25, -0.2) is 4.98 Å². The third kappa shape index (κ3) is 1.85. The van der Waals surface area contributed by atoms with Crippen LogP contribution in [0.15, 0.2) is 16.7 Å². The summed E-state index contributed by atoms with van der Waals surface area (Å²) in [6, 6.07) is 1.95.